The van der Waals surface area contributed by atoms with Gasteiger partial charge in [-0.3, -0.25) is 14.9 Å². The van der Waals surface area contributed by atoms with Gasteiger partial charge in [-0.1, -0.05) is 12.1 Å². The number of para-hydroxylation sites is 2. The number of hydrogen-bond donors (Lipinski definition) is 2. The number of anilines is 3. The summed E-state index contributed by atoms with van der Waals surface area (Å²) < 4.78 is 5.52. The third-order valence-electron chi connectivity index (χ3n) is 5.63. The van der Waals surface area contributed by atoms with Crippen LogP contribution in [0, 0.1) is 18.3 Å². The van der Waals surface area contributed by atoms with Gasteiger partial charge in [-0.2, -0.15) is 5.26 Å². The second-order valence-corrected chi connectivity index (χ2v) is 7.76. The number of carbonyl (C=O) groups is 2. The first-order valence-corrected chi connectivity index (χ1v) is 10.7. The number of fused-ring (bicyclic) bond motifs is 1. The minimum atomic E-state index is -0.814. The molecule has 1 unspecified atom stereocenters. The largest absolute Gasteiger partial charge is 0.365 e. The molecule has 10 heteroatoms. The molecule has 1 fully saturated rings. The van der Waals surface area contributed by atoms with E-state index in [4.69, 9.17) is 4.74 Å². The smallest absolute Gasteiger partial charge is 0.257 e. The molecule has 2 N–H and O–H groups in total. The molecule has 2 aliphatic rings. The van der Waals surface area contributed by atoms with E-state index in [-0.39, 0.29) is 25.0 Å². The molecule has 0 saturated carbocycles. The Morgan fingerprint density at radius 2 is 2.15 bits per heavy atom. The van der Waals surface area contributed by atoms with E-state index in [9.17, 15) is 14.9 Å². The fraction of sp³-hybridized carbons (Fsp3) is 0.348. The van der Waals surface area contributed by atoms with Gasteiger partial charge in [0.2, 0.25) is 11.9 Å². The summed E-state index contributed by atoms with van der Waals surface area (Å²) >= 11 is 0. The van der Waals surface area contributed by atoms with E-state index < -0.39 is 12.0 Å². The molecule has 2 aliphatic heterocycles. The molecular formula is C23H25N7O3. The number of rotatable bonds is 4. The first-order chi connectivity index (χ1) is 15.9. The van der Waals surface area contributed by atoms with Crippen molar-refractivity contribution in [1.29, 1.82) is 5.26 Å². The van der Waals surface area contributed by atoms with E-state index in [2.05, 4.69) is 26.7 Å². The zero-order valence-corrected chi connectivity index (χ0v) is 18.8. The van der Waals surface area contributed by atoms with Crippen LogP contribution in [-0.4, -0.2) is 59.0 Å². The molecule has 33 heavy (non-hydrogen) atoms. The number of nitriles is 1. The minimum absolute atomic E-state index is 0.0658. The van der Waals surface area contributed by atoms with Gasteiger partial charge in [-0.25, -0.2) is 9.97 Å². The number of benzene rings is 1. The summed E-state index contributed by atoms with van der Waals surface area (Å²) in [6.45, 7) is 6.83. The monoisotopic (exact) mass is 447 g/mol. The van der Waals surface area contributed by atoms with Crippen molar-refractivity contribution in [3.05, 3.63) is 47.5 Å². The number of aromatic nitrogens is 2. The lowest BCUT2D eigenvalue weighted by atomic mass is 10.1. The number of nitrogens with zero attached hydrogens (tertiary/aromatic N) is 5. The summed E-state index contributed by atoms with van der Waals surface area (Å²) in [5.74, 6) is 0.147. The summed E-state index contributed by atoms with van der Waals surface area (Å²) in [4.78, 5) is 36.6. The molecule has 0 bridgehead atoms. The number of hydrogen-bond acceptors (Lipinski definition) is 8. The Bertz CT molecular complexity index is 1170. The average molecular weight is 447 g/mol. The van der Waals surface area contributed by atoms with Gasteiger partial charge in [0.25, 0.3) is 5.91 Å². The molecule has 0 spiro atoms. The molecule has 170 valence electrons. The van der Waals surface area contributed by atoms with E-state index in [1.54, 1.807) is 11.1 Å². The predicted octanol–water partition coefficient (Wildman–Crippen LogP) is 2.11. The molecule has 2 amide bonds. The Labute approximate surface area is 191 Å². The molecule has 1 atom stereocenters. The molecule has 0 aliphatic carbocycles. The standard InChI is InChI=1S/C23H25N7O3/c1-4-30-18-8-6-5-7-17(18)26-21(30)16(11-24)20-14(2)12-25-23(27-20)28-22(32)19-13-29(15(3)31)9-10-33-19/h5-8,12,19,26H,4,9-10,13H2,1-3H3,(H,25,27,28,32). The predicted molar refractivity (Wildman–Crippen MR) is 123 cm³/mol. The van der Waals surface area contributed by atoms with E-state index in [1.165, 1.54) is 6.92 Å². The van der Waals surface area contributed by atoms with Crippen LogP contribution in [0.25, 0.3) is 5.57 Å². The van der Waals surface area contributed by atoms with Crippen molar-refractivity contribution in [2.45, 2.75) is 26.9 Å². The number of aryl methyl sites for hydroxylation is 1. The fourth-order valence-corrected chi connectivity index (χ4v) is 3.91. The molecule has 1 aromatic carbocycles. The first-order valence-electron chi connectivity index (χ1n) is 10.7. The molecule has 4 rings (SSSR count). The van der Waals surface area contributed by atoms with Crippen molar-refractivity contribution >= 4 is 34.7 Å². The molecule has 1 saturated heterocycles. The molecule has 10 nitrogen and oxygen atoms in total. The summed E-state index contributed by atoms with van der Waals surface area (Å²) in [5, 5.41) is 16.0. The Kier molecular flexibility index (Phi) is 6.24. The zero-order valence-electron chi connectivity index (χ0n) is 18.8. The number of carbonyl (C=O) groups excluding carboxylic acids is 2. The van der Waals surface area contributed by atoms with Crippen LogP contribution in [0.3, 0.4) is 0 Å². The van der Waals surface area contributed by atoms with Crippen LogP contribution in [0.15, 0.2) is 36.3 Å². The van der Waals surface area contributed by atoms with Crippen molar-refractivity contribution in [2.75, 3.05) is 41.8 Å². The topological polar surface area (TPSA) is 123 Å². The van der Waals surface area contributed by atoms with Gasteiger partial charge in [0.1, 0.15) is 17.5 Å². The van der Waals surface area contributed by atoms with E-state index >= 15 is 0 Å². The molecule has 1 aromatic heterocycles. The Balaban J connectivity index is 1.62. The highest BCUT2D eigenvalue weighted by Gasteiger charge is 2.30. The highest BCUT2D eigenvalue weighted by atomic mass is 16.5. The number of nitrogens with one attached hydrogen (secondary N) is 2. The first kappa shape index (κ1) is 22.2. The van der Waals surface area contributed by atoms with Crippen molar-refractivity contribution < 1.29 is 14.3 Å². The van der Waals surface area contributed by atoms with Gasteiger partial charge in [-0.15, -0.1) is 0 Å². The third kappa shape index (κ3) is 4.36. The van der Waals surface area contributed by atoms with Crippen LogP contribution >= 0.6 is 0 Å². The second-order valence-electron chi connectivity index (χ2n) is 7.76. The zero-order chi connectivity index (χ0) is 23.5. The summed E-state index contributed by atoms with van der Waals surface area (Å²) in [6.07, 6.45) is 0.754. The van der Waals surface area contributed by atoms with Crippen LogP contribution in [0.1, 0.15) is 25.1 Å². The van der Waals surface area contributed by atoms with Crippen molar-refractivity contribution in [2.24, 2.45) is 0 Å². The van der Waals surface area contributed by atoms with Crippen molar-refractivity contribution in [1.82, 2.24) is 14.9 Å². The lowest BCUT2D eigenvalue weighted by molar-refractivity contribution is -0.143. The maximum absolute atomic E-state index is 12.7. The summed E-state index contributed by atoms with van der Waals surface area (Å²) in [5.41, 5.74) is 3.35. The highest BCUT2D eigenvalue weighted by Crippen LogP contribution is 2.38. The van der Waals surface area contributed by atoms with Gasteiger partial charge >= 0.3 is 0 Å². The Morgan fingerprint density at radius 1 is 1.36 bits per heavy atom. The maximum atomic E-state index is 12.7. The molecule has 2 aromatic rings. The van der Waals surface area contributed by atoms with Gasteiger partial charge in [0.15, 0.2) is 6.10 Å². The van der Waals surface area contributed by atoms with Crippen LogP contribution < -0.4 is 15.5 Å². The van der Waals surface area contributed by atoms with Gasteiger partial charge < -0.3 is 19.9 Å². The van der Waals surface area contributed by atoms with Crippen LogP contribution in [0.2, 0.25) is 0 Å². The van der Waals surface area contributed by atoms with Crippen molar-refractivity contribution in [3.8, 4) is 6.07 Å². The lowest BCUT2D eigenvalue weighted by Crippen LogP contribution is -2.49. The van der Waals surface area contributed by atoms with E-state index in [1.807, 2.05) is 43.0 Å². The lowest BCUT2D eigenvalue weighted by Gasteiger charge is -2.31. The number of allylic oxidation sites excluding steroid dienone is 1. The van der Waals surface area contributed by atoms with Gasteiger partial charge in [-0.05, 0) is 31.5 Å². The Morgan fingerprint density at radius 3 is 2.88 bits per heavy atom. The van der Waals surface area contributed by atoms with E-state index in [0.29, 0.717) is 35.7 Å². The normalized spacial score (nSPS) is 18.8. The maximum Gasteiger partial charge on any atom is 0.257 e. The number of morpholine rings is 1. The fourth-order valence-electron chi connectivity index (χ4n) is 3.91. The third-order valence-corrected chi connectivity index (χ3v) is 5.63. The van der Waals surface area contributed by atoms with Crippen LogP contribution in [0.4, 0.5) is 17.3 Å². The number of amides is 2. The second kappa shape index (κ2) is 9.26. The molecule has 0 radical (unpaired) electrons. The summed E-state index contributed by atoms with van der Waals surface area (Å²) in [7, 11) is 0. The van der Waals surface area contributed by atoms with Gasteiger partial charge in [0, 0.05) is 26.2 Å². The summed E-state index contributed by atoms with van der Waals surface area (Å²) in [6, 6.07) is 10.1. The average Bonchev–Trinajstić information content (AvgIpc) is 3.19. The van der Waals surface area contributed by atoms with Crippen LogP contribution in [0.5, 0.6) is 0 Å². The number of ether oxygens (including phenoxy) is 1. The van der Waals surface area contributed by atoms with Crippen LogP contribution in [-0.2, 0) is 14.3 Å². The Hall–Kier alpha value is -3.97. The minimum Gasteiger partial charge on any atom is -0.365 e. The molecular weight excluding hydrogens is 422 g/mol. The van der Waals surface area contributed by atoms with Crippen molar-refractivity contribution in [3.63, 3.8) is 0 Å². The van der Waals surface area contributed by atoms with E-state index in [0.717, 1.165) is 11.4 Å². The van der Waals surface area contributed by atoms with Gasteiger partial charge in [0.05, 0.1) is 30.2 Å². The highest BCUT2D eigenvalue weighted by molar-refractivity contribution is 5.94. The molecule has 3 heterocycles. The SMILES string of the molecule is CCN1C(=C(C#N)c2nc(NC(=O)C3CN(C(C)=O)CCO3)ncc2C)Nc2ccccc21. The quantitative estimate of drug-likeness (QED) is 0.683.